The Hall–Kier alpha value is -4.40. The van der Waals surface area contributed by atoms with Crippen molar-refractivity contribution in [2.24, 2.45) is 0 Å². The van der Waals surface area contributed by atoms with E-state index in [1.165, 1.54) is 0 Å². The van der Waals surface area contributed by atoms with E-state index in [0.717, 1.165) is 16.6 Å². The van der Waals surface area contributed by atoms with E-state index in [-0.39, 0.29) is 24.9 Å². The zero-order chi connectivity index (χ0) is 28.9. The van der Waals surface area contributed by atoms with E-state index < -0.39 is 11.6 Å². The summed E-state index contributed by atoms with van der Waals surface area (Å²) >= 11 is 0. The summed E-state index contributed by atoms with van der Waals surface area (Å²) in [5.74, 6) is 0.466. The molecule has 0 saturated carbocycles. The van der Waals surface area contributed by atoms with Crippen LogP contribution in [0, 0.1) is 6.92 Å². The number of ether oxygens (including phenoxy) is 2. The van der Waals surface area contributed by atoms with Crippen molar-refractivity contribution in [2.45, 2.75) is 59.3 Å². The maximum absolute atomic E-state index is 14.1. The number of benzene rings is 3. The van der Waals surface area contributed by atoms with Crippen molar-refractivity contribution in [2.75, 3.05) is 13.7 Å². The zero-order valence-electron chi connectivity index (χ0n) is 24.0. The van der Waals surface area contributed by atoms with Crippen LogP contribution in [0.2, 0.25) is 0 Å². The molecule has 0 spiro atoms. The summed E-state index contributed by atoms with van der Waals surface area (Å²) in [7, 11) is 1.55. The number of fused-ring (bicyclic) bond motifs is 1. The van der Waals surface area contributed by atoms with Gasteiger partial charge in [-0.25, -0.2) is 4.68 Å². The number of hydrogen-bond donors (Lipinski definition) is 1. The summed E-state index contributed by atoms with van der Waals surface area (Å²) in [6.45, 7) is 10.2. The molecule has 0 radical (unpaired) electrons. The van der Waals surface area contributed by atoms with Crippen molar-refractivity contribution >= 4 is 22.8 Å². The van der Waals surface area contributed by atoms with Gasteiger partial charge in [-0.15, -0.1) is 5.10 Å². The van der Waals surface area contributed by atoms with E-state index in [9.17, 15) is 9.59 Å². The van der Waals surface area contributed by atoms with Crippen LogP contribution in [0.15, 0.2) is 66.7 Å². The van der Waals surface area contributed by atoms with Crippen LogP contribution in [0.1, 0.15) is 50.4 Å². The molecular formula is C31H37N5O4. The summed E-state index contributed by atoms with van der Waals surface area (Å²) in [5, 5.41) is 11.5. The number of amides is 2. The van der Waals surface area contributed by atoms with Crippen LogP contribution in [0.4, 0.5) is 0 Å². The van der Waals surface area contributed by atoms with Crippen molar-refractivity contribution < 1.29 is 19.1 Å². The second-order valence-corrected chi connectivity index (χ2v) is 10.7. The second-order valence-electron chi connectivity index (χ2n) is 10.7. The number of para-hydroxylation sites is 1. The summed E-state index contributed by atoms with van der Waals surface area (Å²) < 4.78 is 12.9. The van der Waals surface area contributed by atoms with Gasteiger partial charge in [-0.2, -0.15) is 0 Å². The average Bonchev–Trinajstić information content (AvgIpc) is 3.32. The third-order valence-electron chi connectivity index (χ3n) is 6.36. The molecular weight excluding hydrogens is 506 g/mol. The Balaban J connectivity index is 1.81. The van der Waals surface area contributed by atoms with Gasteiger partial charge in [0.2, 0.25) is 11.8 Å². The van der Waals surface area contributed by atoms with Crippen molar-refractivity contribution in [3.8, 4) is 11.5 Å². The van der Waals surface area contributed by atoms with E-state index in [4.69, 9.17) is 9.47 Å². The van der Waals surface area contributed by atoms with Crippen molar-refractivity contribution in [3.63, 3.8) is 0 Å². The predicted octanol–water partition coefficient (Wildman–Crippen LogP) is 4.83. The van der Waals surface area contributed by atoms with Gasteiger partial charge >= 0.3 is 0 Å². The Morgan fingerprint density at radius 3 is 2.42 bits per heavy atom. The molecule has 9 nitrogen and oxygen atoms in total. The lowest BCUT2D eigenvalue weighted by Gasteiger charge is -2.34. The van der Waals surface area contributed by atoms with Gasteiger partial charge < -0.3 is 19.7 Å². The molecule has 210 valence electrons. The molecule has 2 amide bonds. The van der Waals surface area contributed by atoms with Crippen LogP contribution in [0.25, 0.3) is 11.0 Å². The highest BCUT2D eigenvalue weighted by molar-refractivity contribution is 5.89. The van der Waals surface area contributed by atoms with Gasteiger partial charge in [0.25, 0.3) is 0 Å². The smallest absolute Gasteiger partial charge is 0.247 e. The van der Waals surface area contributed by atoms with Crippen LogP contribution in [-0.4, -0.2) is 51.0 Å². The number of hydrogen-bond acceptors (Lipinski definition) is 6. The Kier molecular flexibility index (Phi) is 8.72. The number of carbonyl (C=O) groups is 2. The van der Waals surface area contributed by atoms with E-state index in [2.05, 4.69) is 15.6 Å². The standard InChI is InChI=1S/C31H37N5O4/c1-7-40-26-17-16-23(18-27(26)39-6)29(30(38)32-31(3,4)5)35(19-22-14-12-21(2)13-15-22)28(37)20-36-25-11-9-8-10-24(25)33-34-36/h8-18,29H,7,19-20H2,1-6H3,(H,32,38). The molecule has 1 unspecified atom stereocenters. The topological polar surface area (TPSA) is 98.6 Å². The first-order chi connectivity index (χ1) is 19.1. The number of aromatic nitrogens is 3. The first-order valence-corrected chi connectivity index (χ1v) is 13.4. The molecule has 4 rings (SSSR count). The van der Waals surface area contributed by atoms with Gasteiger partial charge in [0.15, 0.2) is 11.5 Å². The highest BCUT2D eigenvalue weighted by Crippen LogP contribution is 2.34. The number of aryl methyl sites for hydroxylation is 1. The SMILES string of the molecule is CCOc1ccc(C(C(=O)NC(C)(C)C)N(Cc2ccc(C)cc2)C(=O)Cn2nnc3ccccc32)cc1OC. The third kappa shape index (κ3) is 6.77. The van der Waals surface area contributed by atoms with E-state index >= 15 is 0 Å². The summed E-state index contributed by atoms with van der Waals surface area (Å²) in [6.07, 6.45) is 0. The Bertz CT molecular complexity index is 1470. The number of carbonyl (C=O) groups excluding carboxylic acids is 2. The van der Waals surface area contributed by atoms with Gasteiger partial charge in [-0.3, -0.25) is 9.59 Å². The van der Waals surface area contributed by atoms with Crippen LogP contribution >= 0.6 is 0 Å². The first-order valence-electron chi connectivity index (χ1n) is 13.4. The molecule has 1 heterocycles. The molecule has 40 heavy (non-hydrogen) atoms. The minimum absolute atomic E-state index is 0.0835. The minimum Gasteiger partial charge on any atom is -0.493 e. The molecule has 0 aliphatic rings. The molecule has 3 aromatic carbocycles. The fourth-order valence-corrected chi connectivity index (χ4v) is 4.51. The van der Waals surface area contributed by atoms with Gasteiger partial charge in [-0.05, 0) is 70.0 Å². The fraction of sp³-hybridized carbons (Fsp3) is 0.355. The molecule has 1 atom stereocenters. The largest absolute Gasteiger partial charge is 0.493 e. The van der Waals surface area contributed by atoms with E-state index in [1.807, 2.05) is 83.1 Å². The van der Waals surface area contributed by atoms with E-state index in [0.29, 0.717) is 29.2 Å². The van der Waals surface area contributed by atoms with E-state index in [1.54, 1.807) is 34.9 Å². The molecule has 0 fully saturated rings. The normalized spacial score (nSPS) is 12.2. The summed E-state index contributed by atoms with van der Waals surface area (Å²) in [4.78, 5) is 29.7. The van der Waals surface area contributed by atoms with Crippen LogP contribution in [0.3, 0.4) is 0 Å². The minimum atomic E-state index is -0.951. The quantitative estimate of drug-likeness (QED) is 0.308. The number of nitrogens with zero attached hydrogens (tertiary/aromatic N) is 4. The highest BCUT2D eigenvalue weighted by Gasteiger charge is 2.34. The molecule has 4 aromatic rings. The monoisotopic (exact) mass is 543 g/mol. The zero-order valence-corrected chi connectivity index (χ0v) is 24.0. The van der Waals surface area contributed by atoms with Crippen LogP contribution < -0.4 is 14.8 Å². The molecule has 9 heteroatoms. The Morgan fingerprint density at radius 1 is 1.02 bits per heavy atom. The maximum Gasteiger partial charge on any atom is 0.247 e. The molecule has 1 N–H and O–H groups in total. The Labute approximate surface area is 235 Å². The lowest BCUT2D eigenvalue weighted by molar-refractivity contribution is -0.142. The van der Waals surface area contributed by atoms with Gasteiger partial charge in [-0.1, -0.05) is 53.2 Å². The van der Waals surface area contributed by atoms with Crippen LogP contribution in [-0.2, 0) is 22.7 Å². The van der Waals surface area contributed by atoms with Crippen molar-refractivity contribution in [1.29, 1.82) is 0 Å². The lowest BCUT2D eigenvalue weighted by atomic mass is 10.00. The predicted molar refractivity (Wildman–Crippen MR) is 154 cm³/mol. The number of methoxy groups -OCH3 is 1. The fourth-order valence-electron chi connectivity index (χ4n) is 4.51. The van der Waals surface area contributed by atoms with Crippen molar-refractivity contribution in [3.05, 3.63) is 83.4 Å². The lowest BCUT2D eigenvalue weighted by Crippen LogP contribution is -2.49. The molecule has 0 aliphatic heterocycles. The average molecular weight is 544 g/mol. The van der Waals surface area contributed by atoms with Gasteiger partial charge in [0, 0.05) is 12.1 Å². The summed E-state index contributed by atoms with van der Waals surface area (Å²) in [6, 6.07) is 19.8. The Morgan fingerprint density at radius 2 is 1.75 bits per heavy atom. The van der Waals surface area contributed by atoms with Crippen molar-refractivity contribution in [1.82, 2.24) is 25.2 Å². The molecule has 1 aromatic heterocycles. The van der Waals surface area contributed by atoms with Gasteiger partial charge in [0.05, 0.1) is 19.2 Å². The summed E-state index contributed by atoms with van der Waals surface area (Å²) in [5.41, 5.74) is 3.52. The van der Waals surface area contributed by atoms with Gasteiger partial charge in [0.1, 0.15) is 18.1 Å². The third-order valence-corrected chi connectivity index (χ3v) is 6.36. The molecule has 0 aliphatic carbocycles. The first kappa shape index (κ1) is 28.6. The number of nitrogens with one attached hydrogen (secondary N) is 1. The highest BCUT2D eigenvalue weighted by atomic mass is 16.5. The number of rotatable bonds is 10. The molecule has 0 saturated heterocycles. The maximum atomic E-state index is 14.1. The van der Waals surface area contributed by atoms with Crippen LogP contribution in [0.5, 0.6) is 11.5 Å². The molecule has 0 bridgehead atoms. The second kappa shape index (κ2) is 12.2.